The Morgan fingerprint density at radius 1 is 1.00 bits per heavy atom. The lowest BCUT2D eigenvalue weighted by molar-refractivity contribution is -0.114. The highest BCUT2D eigenvalue weighted by molar-refractivity contribution is 5.96. The fourth-order valence-corrected chi connectivity index (χ4v) is 2.83. The van der Waals surface area contributed by atoms with Crippen LogP contribution in [0.1, 0.15) is 49.2 Å². The van der Waals surface area contributed by atoms with Gasteiger partial charge in [0, 0.05) is 23.5 Å². The molecule has 2 aromatic rings. The van der Waals surface area contributed by atoms with E-state index in [4.69, 9.17) is 0 Å². The molecule has 0 aliphatic carbocycles. The maximum atomic E-state index is 12.4. The van der Waals surface area contributed by atoms with Crippen LogP contribution in [0.15, 0.2) is 42.5 Å². The summed E-state index contributed by atoms with van der Waals surface area (Å²) >= 11 is 0. The maximum Gasteiger partial charge on any atom is 0.251 e. The van der Waals surface area contributed by atoms with Gasteiger partial charge in [-0.3, -0.25) is 9.59 Å². The van der Waals surface area contributed by atoms with Crippen molar-refractivity contribution in [3.05, 3.63) is 59.2 Å². The number of para-hydroxylation sites is 1. The highest BCUT2D eigenvalue weighted by atomic mass is 16.2. The molecular formula is C22H29N3O2. The highest BCUT2D eigenvalue weighted by Gasteiger charge is 2.18. The molecule has 0 spiro atoms. The first-order valence-corrected chi connectivity index (χ1v) is 9.24. The quantitative estimate of drug-likeness (QED) is 0.720. The molecule has 5 nitrogen and oxygen atoms in total. The second kappa shape index (κ2) is 8.71. The first kappa shape index (κ1) is 20.5. The third kappa shape index (κ3) is 5.58. The van der Waals surface area contributed by atoms with E-state index < -0.39 is 0 Å². The summed E-state index contributed by atoms with van der Waals surface area (Å²) in [5.41, 5.74) is 4.18. The first-order chi connectivity index (χ1) is 12.7. The van der Waals surface area contributed by atoms with Crippen LogP contribution in [0.5, 0.6) is 0 Å². The van der Waals surface area contributed by atoms with Crippen LogP contribution in [0.4, 0.5) is 11.4 Å². The zero-order chi connectivity index (χ0) is 20.0. The largest absolute Gasteiger partial charge is 0.376 e. The van der Waals surface area contributed by atoms with Crippen molar-refractivity contribution in [3.8, 4) is 0 Å². The number of rotatable bonds is 6. The summed E-state index contributed by atoms with van der Waals surface area (Å²) in [4.78, 5) is 24.4. The molecule has 0 bridgehead atoms. The fraction of sp³-hybridized carbons (Fsp3) is 0.364. The molecule has 2 rings (SSSR count). The van der Waals surface area contributed by atoms with Gasteiger partial charge in [0.1, 0.15) is 0 Å². The van der Waals surface area contributed by atoms with E-state index in [1.165, 1.54) is 0 Å². The molecule has 0 fully saturated rings. The first-order valence-electron chi connectivity index (χ1n) is 9.24. The number of benzene rings is 2. The number of aryl methyl sites for hydroxylation is 1. The zero-order valence-corrected chi connectivity index (χ0v) is 16.8. The number of anilines is 2. The monoisotopic (exact) mass is 367 g/mol. The molecule has 0 radical (unpaired) electrons. The Labute approximate surface area is 161 Å². The molecule has 0 aromatic heterocycles. The molecule has 0 unspecified atom stereocenters. The van der Waals surface area contributed by atoms with Crippen molar-refractivity contribution < 1.29 is 9.59 Å². The number of carbonyl (C=O) groups excluding carboxylic acids is 2. The van der Waals surface area contributed by atoms with E-state index >= 15 is 0 Å². The van der Waals surface area contributed by atoms with Gasteiger partial charge in [-0.1, -0.05) is 45.0 Å². The van der Waals surface area contributed by atoms with E-state index in [0.29, 0.717) is 12.1 Å². The Morgan fingerprint density at radius 2 is 1.70 bits per heavy atom. The van der Waals surface area contributed by atoms with Crippen molar-refractivity contribution in [2.75, 3.05) is 23.7 Å². The van der Waals surface area contributed by atoms with E-state index in [-0.39, 0.29) is 23.8 Å². The minimum atomic E-state index is -0.130. The van der Waals surface area contributed by atoms with Crippen LogP contribution in [0.2, 0.25) is 0 Å². The summed E-state index contributed by atoms with van der Waals surface area (Å²) in [6, 6.07) is 13.3. The van der Waals surface area contributed by atoms with Crippen LogP contribution in [0, 0.1) is 6.92 Å². The molecule has 5 heteroatoms. The van der Waals surface area contributed by atoms with Crippen LogP contribution < -0.4 is 16.0 Å². The molecular weight excluding hydrogens is 338 g/mol. The average molecular weight is 367 g/mol. The Morgan fingerprint density at radius 3 is 2.37 bits per heavy atom. The summed E-state index contributed by atoms with van der Waals surface area (Å²) in [5, 5.41) is 8.90. The molecule has 144 valence electrons. The van der Waals surface area contributed by atoms with Crippen molar-refractivity contribution in [2.45, 2.75) is 40.0 Å². The number of amides is 2. The summed E-state index contributed by atoms with van der Waals surface area (Å²) in [6.07, 6.45) is 0. The van der Waals surface area contributed by atoms with Crippen molar-refractivity contribution in [1.82, 2.24) is 5.32 Å². The van der Waals surface area contributed by atoms with E-state index in [0.717, 1.165) is 22.5 Å². The summed E-state index contributed by atoms with van der Waals surface area (Å²) in [5.74, 6) is -0.251. The summed E-state index contributed by atoms with van der Waals surface area (Å²) in [7, 11) is 0. The van der Waals surface area contributed by atoms with Crippen LogP contribution in [-0.2, 0) is 10.2 Å². The van der Waals surface area contributed by atoms with Gasteiger partial charge in [0.25, 0.3) is 5.91 Å². The summed E-state index contributed by atoms with van der Waals surface area (Å²) in [6.45, 7) is 10.9. The van der Waals surface area contributed by atoms with Crippen molar-refractivity contribution in [2.24, 2.45) is 0 Å². The molecule has 0 saturated carbocycles. The number of hydrogen-bond donors (Lipinski definition) is 3. The second-order valence-electron chi connectivity index (χ2n) is 7.59. The van der Waals surface area contributed by atoms with E-state index in [9.17, 15) is 9.59 Å². The lowest BCUT2D eigenvalue weighted by Crippen LogP contribution is -2.25. The number of nitrogens with one attached hydrogen (secondary N) is 3. The zero-order valence-electron chi connectivity index (χ0n) is 16.8. The molecule has 2 amide bonds. The van der Waals surface area contributed by atoms with Gasteiger partial charge in [-0.2, -0.15) is 0 Å². The van der Waals surface area contributed by atoms with E-state index in [2.05, 4.69) is 36.7 Å². The second-order valence-corrected chi connectivity index (χ2v) is 7.59. The molecule has 0 atom stereocenters. The standard InChI is InChI=1S/C22H29N3O2/c1-6-23-21(27)16-12-11-15(2)19(13-16)24-14-20(26)25-18-10-8-7-9-17(18)22(3,4)5/h7-13,24H,6,14H2,1-5H3,(H,23,27)(H,25,26). The smallest absolute Gasteiger partial charge is 0.251 e. The van der Waals surface area contributed by atoms with Gasteiger partial charge in [0.15, 0.2) is 0 Å². The third-order valence-corrected chi connectivity index (χ3v) is 4.29. The minimum absolute atomic E-state index is 0.0607. The Bertz CT molecular complexity index is 823. The van der Waals surface area contributed by atoms with Crippen LogP contribution in [0.25, 0.3) is 0 Å². The van der Waals surface area contributed by atoms with Crippen LogP contribution in [0.3, 0.4) is 0 Å². The number of carbonyl (C=O) groups is 2. The van der Waals surface area contributed by atoms with E-state index in [1.807, 2.05) is 44.2 Å². The average Bonchev–Trinajstić information content (AvgIpc) is 2.60. The van der Waals surface area contributed by atoms with Gasteiger partial charge in [-0.25, -0.2) is 0 Å². The normalized spacial score (nSPS) is 11.0. The van der Waals surface area contributed by atoms with Crippen molar-refractivity contribution in [1.29, 1.82) is 0 Å². The summed E-state index contributed by atoms with van der Waals surface area (Å²) < 4.78 is 0. The molecule has 0 saturated heterocycles. The van der Waals surface area contributed by atoms with Crippen molar-refractivity contribution in [3.63, 3.8) is 0 Å². The highest BCUT2D eigenvalue weighted by Crippen LogP contribution is 2.29. The maximum absolute atomic E-state index is 12.4. The van der Waals surface area contributed by atoms with Crippen LogP contribution in [-0.4, -0.2) is 24.9 Å². The molecule has 2 aromatic carbocycles. The predicted octanol–water partition coefficient (Wildman–Crippen LogP) is 4.09. The molecule has 3 N–H and O–H groups in total. The van der Waals surface area contributed by atoms with Gasteiger partial charge in [0.05, 0.1) is 6.54 Å². The van der Waals surface area contributed by atoms with E-state index in [1.54, 1.807) is 12.1 Å². The van der Waals surface area contributed by atoms with Gasteiger partial charge < -0.3 is 16.0 Å². The van der Waals surface area contributed by atoms with Gasteiger partial charge >= 0.3 is 0 Å². The van der Waals surface area contributed by atoms with Crippen molar-refractivity contribution >= 4 is 23.2 Å². The third-order valence-electron chi connectivity index (χ3n) is 4.29. The molecule has 0 heterocycles. The fourth-order valence-electron chi connectivity index (χ4n) is 2.83. The predicted molar refractivity (Wildman–Crippen MR) is 111 cm³/mol. The van der Waals surface area contributed by atoms with Gasteiger partial charge in [0.2, 0.25) is 5.91 Å². The van der Waals surface area contributed by atoms with Crippen LogP contribution >= 0.6 is 0 Å². The van der Waals surface area contributed by atoms with Gasteiger partial charge in [-0.05, 0) is 48.6 Å². The minimum Gasteiger partial charge on any atom is -0.376 e. The number of hydrogen-bond acceptors (Lipinski definition) is 3. The Balaban J connectivity index is 2.07. The lowest BCUT2D eigenvalue weighted by Gasteiger charge is -2.23. The molecule has 0 aliphatic heterocycles. The Hall–Kier alpha value is -2.82. The molecule has 27 heavy (non-hydrogen) atoms. The SMILES string of the molecule is CCNC(=O)c1ccc(C)c(NCC(=O)Nc2ccccc2C(C)(C)C)c1. The Kier molecular flexibility index (Phi) is 6.61. The topological polar surface area (TPSA) is 70.2 Å². The van der Waals surface area contributed by atoms with Gasteiger partial charge in [-0.15, -0.1) is 0 Å². The molecule has 0 aliphatic rings. The lowest BCUT2D eigenvalue weighted by atomic mass is 9.86.